The highest BCUT2D eigenvalue weighted by Crippen LogP contribution is 2.23. The second-order valence-electron chi connectivity index (χ2n) is 7.64. The lowest BCUT2D eigenvalue weighted by Gasteiger charge is -2.13. The van der Waals surface area contributed by atoms with E-state index in [1.165, 1.54) is 24.3 Å². The van der Waals surface area contributed by atoms with Gasteiger partial charge in [0.25, 0.3) is 15.9 Å². The molecule has 7 nitrogen and oxygen atoms in total. The Balaban J connectivity index is 1.58. The van der Waals surface area contributed by atoms with E-state index in [2.05, 4.69) is 10.0 Å². The Hall–Kier alpha value is -3.52. The quantitative estimate of drug-likeness (QED) is 0.469. The van der Waals surface area contributed by atoms with Gasteiger partial charge in [0, 0.05) is 11.4 Å². The molecule has 0 saturated heterocycles. The first-order valence-electron chi connectivity index (χ1n) is 10.5. The molecule has 2 N–H and O–H groups in total. The molecule has 0 aromatic heterocycles. The van der Waals surface area contributed by atoms with Gasteiger partial charge in [-0.15, -0.1) is 0 Å². The molecule has 0 spiro atoms. The molecule has 0 saturated carbocycles. The second-order valence-corrected chi connectivity index (χ2v) is 9.33. The molecular formula is C25H28N2O5S. The van der Waals surface area contributed by atoms with Crippen LogP contribution in [0.4, 0.5) is 11.4 Å². The number of aryl methyl sites for hydroxylation is 3. The topological polar surface area (TPSA) is 93.7 Å². The summed E-state index contributed by atoms with van der Waals surface area (Å²) in [6.07, 6.45) is 0. The third kappa shape index (κ3) is 6.49. The summed E-state index contributed by atoms with van der Waals surface area (Å²) in [6, 6.07) is 16.6. The van der Waals surface area contributed by atoms with E-state index in [1.54, 1.807) is 24.3 Å². The fourth-order valence-electron chi connectivity index (χ4n) is 3.42. The lowest BCUT2D eigenvalue weighted by atomic mass is 10.1. The maximum atomic E-state index is 12.6. The molecule has 0 fully saturated rings. The molecule has 0 bridgehead atoms. The molecule has 0 aliphatic carbocycles. The number of nitrogens with one attached hydrogen (secondary N) is 2. The van der Waals surface area contributed by atoms with Crippen LogP contribution in [0, 0.1) is 20.8 Å². The summed E-state index contributed by atoms with van der Waals surface area (Å²) >= 11 is 0. The Kier molecular flexibility index (Phi) is 7.60. The van der Waals surface area contributed by atoms with Gasteiger partial charge in [0.1, 0.15) is 11.5 Å². The smallest absolute Gasteiger partial charge is 0.262 e. The summed E-state index contributed by atoms with van der Waals surface area (Å²) < 4.78 is 38.7. The van der Waals surface area contributed by atoms with E-state index >= 15 is 0 Å². The van der Waals surface area contributed by atoms with Gasteiger partial charge < -0.3 is 14.8 Å². The van der Waals surface area contributed by atoms with E-state index in [0.29, 0.717) is 23.8 Å². The minimum atomic E-state index is -3.77. The Morgan fingerprint density at radius 2 is 1.39 bits per heavy atom. The van der Waals surface area contributed by atoms with Crippen LogP contribution >= 0.6 is 0 Å². The van der Waals surface area contributed by atoms with Crippen LogP contribution in [0.15, 0.2) is 65.6 Å². The number of carbonyl (C=O) groups excluding carboxylic acids is 1. The van der Waals surface area contributed by atoms with Crippen molar-refractivity contribution >= 4 is 27.3 Å². The van der Waals surface area contributed by atoms with E-state index in [1.807, 2.05) is 39.8 Å². The van der Waals surface area contributed by atoms with Crippen molar-refractivity contribution in [2.45, 2.75) is 32.6 Å². The van der Waals surface area contributed by atoms with Gasteiger partial charge in [-0.3, -0.25) is 9.52 Å². The zero-order chi connectivity index (χ0) is 24.0. The van der Waals surface area contributed by atoms with Crippen molar-refractivity contribution in [2.24, 2.45) is 0 Å². The maximum Gasteiger partial charge on any atom is 0.262 e. The highest BCUT2D eigenvalue weighted by Gasteiger charge is 2.15. The third-order valence-corrected chi connectivity index (χ3v) is 6.26. The highest BCUT2D eigenvalue weighted by molar-refractivity contribution is 7.92. The molecular weight excluding hydrogens is 440 g/mol. The van der Waals surface area contributed by atoms with Crippen molar-refractivity contribution in [3.05, 3.63) is 77.4 Å². The monoisotopic (exact) mass is 468 g/mol. The van der Waals surface area contributed by atoms with Crippen LogP contribution in [0.3, 0.4) is 0 Å². The van der Waals surface area contributed by atoms with Crippen molar-refractivity contribution in [1.29, 1.82) is 0 Å². The van der Waals surface area contributed by atoms with Crippen molar-refractivity contribution in [3.8, 4) is 11.5 Å². The Morgan fingerprint density at radius 1 is 0.848 bits per heavy atom. The van der Waals surface area contributed by atoms with Gasteiger partial charge in [0.15, 0.2) is 6.61 Å². The Bertz CT molecular complexity index is 1200. The summed E-state index contributed by atoms with van der Waals surface area (Å²) in [4.78, 5) is 12.4. The second kappa shape index (κ2) is 10.4. The summed E-state index contributed by atoms with van der Waals surface area (Å²) in [5.41, 5.74) is 4.30. The minimum absolute atomic E-state index is 0.0825. The fraction of sp³-hybridized carbons (Fsp3) is 0.240. The number of anilines is 2. The number of hydrogen-bond acceptors (Lipinski definition) is 5. The molecule has 174 valence electrons. The SMILES string of the molecule is CCOc1ccc(NS(=O)(=O)c2ccc(OCC(=O)Nc3c(C)cc(C)cc3C)cc2)cc1. The van der Waals surface area contributed by atoms with Gasteiger partial charge in [0.2, 0.25) is 0 Å². The molecule has 8 heteroatoms. The van der Waals surface area contributed by atoms with Gasteiger partial charge in [-0.05, 0) is 87.4 Å². The number of rotatable bonds is 9. The molecule has 0 aliphatic rings. The molecule has 0 unspecified atom stereocenters. The Labute approximate surface area is 194 Å². The first-order chi connectivity index (χ1) is 15.7. The average molecular weight is 469 g/mol. The van der Waals surface area contributed by atoms with Crippen LogP contribution < -0.4 is 19.5 Å². The number of ether oxygens (including phenoxy) is 2. The molecule has 0 heterocycles. The van der Waals surface area contributed by atoms with Crippen LogP contribution in [-0.2, 0) is 14.8 Å². The van der Waals surface area contributed by atoms with Gasteiger partial charge >= 0.3 is 0 Å². The summed E-state index contributed by atoms with van der Waals surface area (Å²) in [5.74, 6) is 0.764. The predicted octanol–water partition coefficient (Wildman–Crippen LogP) is 4.83. The van der Waals surface area contributed by atoms with Crippen LogP contribution in [0.5, 0.6) is 11.5 Å². The zero-order valence-corrected chi connectivity index (χ0v) is 20.0. The molecule has 0 radical (unpaired) electrons. The summed E-state index contributed by atoms with van der Waals surface area (Å²) in [7, 11) is -3.77. The highest BCUT2D eigenvalue weighted by atomic mass is 32.2. The predicted molar refractivity (Wildman–Crippen MR) is 130 cm³/mol. The standard InChI is InChI=1S/C25H28N2O5S/c1-5-31-21-8-6-20(7-9-21)27-33(29,30)23-12-10-22(11-13-23)32-16-24(28)26-25-18(3)14-17(2)15-19(25)4/h6-15,27H,5,16H2,1-4H3,(H,26,28). The number of amides is 1. The van der Waals surface area contributed by atoms with E-state index in [-0.39, 0.29) is 17.4 Å². The lowest BCUT2D eigenvalue weighted by Crippen LogP contribution is -2.21. The molecule has 0 atom stereocenters. The summed E-state index contributed by atoms with van der Waals surface area (Å²) in [5, 5.41) is 2.87. The third-order valence-electron chi connectivity index (χ3n) is 4.86. The normalized spacial score (nSPS) is 11.0. The van der Waals surface area contributed by atoms with Crippen LogP contribution in [0.2, 0.25) is 0 Å². The van der Waals surface area contributed by atoms with E-state index in [0.717, 1.165) is 22.4 Å². The number of carbonyl (C=O) groups is 1. The van der Waals surface area contributed by atoms with Gasteiger partial charge in [-0.25, -0.2) is 8.42 Å². The first-order valence-corrected chi connectivity index (χ1v) is 12.0. The van der Waals surface area contributed by atoms with E-state index in [4.69, 9.17) is 9.47 Å². The van der Waals surface area contributed by atoms with Crippen LogP contribution in [0.25, 0.3) is 0 Å². The van der Waals surface area contributed by atoms with E-state index < -0.39 is 10.0 Å². The molecule has 3 rings (SSSR count). The van der Waals surface area contributed by atoms with Crippen molar-refractivity contribution in [1.82, 2.24) is 0 Å². The first kappa shape index (κ1) is 24.1. The van der Waals surface area contributed by atoms with Gasteiger partial charge in [0.05, 0.1) is 11.5 Å². The average Bonchev–Trinajstić information content (AvgIpc) is 2.76. The largest absolute Gasteiger partial charge is 0.494 e. The Morgan fingerprint density at radius 3 is 1.97 bits per heavy atom. The molecule has 1 amide bonds. The van der Waals surface area contributed by atoms with Crippen molar-refractivity contribution < 1.29 is 22.7 Å². The molecule has 3 aromatic carbocycles. The zero-order valence-electron chi connectivity index (χ0n) is 19.1. The van der Waals surface area contributed by atoms with Gasteiger partial charge in [-0.2, -0.15) is 0 Å². The minimum Gasteiger partial charge on any atom is -0.494 e. The maximum absolute atomic E-state index is 12.6. The lowest BCUT2D eigenvalue weighted by molar-refractivity contribution is -0.118. The molecule has 33 heavy (non-hydrogen) atoms. The van der Waals surface area contributed by atoms with E-state index in [9.17, 15) is 13.2 Å². The van der Waals surface area contributed by atoms with Gasteiger partial charge in [-0.1, -0.05) is 17.7 Å². The number of sulfonamides is 1. The fourth-order valence-corrected chi connectivity index (χ4v) is 4.48. The van der Waals surface area contributed by atoms with Crippen molar-refractivity contribution in [3.63, 3.8) is 0 Å². The number of hydrogen-bond donors (Lipinski definition) is 2. The molecule has 3 aromatic rings. The van der Waals surface area contributed by atoms with Crippen molar-refractivity contribution in [2.75, 3.05) is 23.3 Å². The van der Waals surface area contributed by atoms with Crippen LogP contribution in [-0.4, -0.2) is 27.5 Å². The molecule has 0 aliphatic heterocycles. The number of benzene rings is 3. The van der Waals surface area contributed by atoms with Crippen LogP contribution in [0.1, 0.15) is 23.6 Å². The summed E-state index contributed by atoms with van der Waals surface area (Å²) in [6.45, 7) is 8.11.